The molecule has 2 unspecified atom stereocenters. The van der Waals surface area contributed by atoms with E-state index in [1.54, 1.807) is 10.9 Å². The van der Waals surface area contributed by atoms with Crippen molar-refractivity contribution >= 4 is 24.0 Å². The van der Waals surface area contributed by atoms with Gasteiger partial charge in [0, 0.05) is 30.0 Å². The summed E-state index contributed by atoms with van der Waals surface area (Å²) in [6, 6.07) is 9.72. The SMILES string of the molecule is Cl.NC1CCCC(C(=O)Nc2ccc(-n3cccn3)cc2)C1. The first-order chi connectivity index (χ1) is 10.2. The zero-order chi connectivity index (χ0) is 14.7. The number of carbonyl (C=O) groups is 1. The maximum absolute atomic E-state index is 12.2. The largest absolute Gasteiger partial charge is 0.328 e. The van der Waals surface area contributed by atoms with Crippen LogP contribution in [0.1, 0.15) is 25.7 Å². The number of benzene rings is 1. The van der Waals surface area contributed by atoms with Crippen molar-refractivity contribution in [3.63, 3.8) is 0 Å². The second kappa shape index (κ2) is 7.42. The minimum Gasteiger partial charge on any atom is -0.328 e. The molecule has 2 aromatic rings. The van der Waals surface area contributed by atoms with Crippen molar-refractivity contribution in [2.24, 2.45) is 11.7 Å². The quantitative estimate of drug-likeness (QED) is 0.913. The molecule has 1 aliphatic rings. The molecule has 1 aromatic carbocycles. The van der Waals surface area contributed by atoms with Crippen LogP contribution in [0.25, 0.3) is 5.69 Å². The van der Waals surface area contributed by atoms with Crippen molar-refractivity contribution in [3.8, 4) is 5.69 Å². The van der Waals surface area contributed by atoms with Crippen molar-refractivity contribution in [2.75, 3.05) is 5.32 Å². The Labute approximate surface area is 136 Å². The van der Waals surface area contributed by atoms with Gasteiger partial charge in [-0.25, -0.2) is 4.68 Å². The Hall–Kier alpha value is -1.85. The van der Waals surface area contributed by atoms with Crippen molar-refractivity contribution < 1.29 is 4.79 Å². The number of hydrogen-bond donors (Lipinski definition) is 2. The van der Waals surface area contributed by atoms with Gasteiger partial charge in [-0.3, -0.25) is 4.79 Å². The zero-order valence-electron chi connectivity index (χ0n) is 12.3. The summed E-state index contributed by atoms with van der Waals surface area (Å²) in [4.78, 5) is 12.2. The third-order valence-electron chi connectivity index (χ3n) is 3.99. The Morgan fingerprint density at radius 1 is 1.27 bits per heavy atom. The molecule has 1 saturated carbocycles. The highest BCUT2D eigenvalue weighted by atomic mass is 35.5. The van der Waals surface area contributed by atoms with Crippen molar-refractivity contribution in [3.05, 3.63) is 42.7 Å². The molecular weight excluding hydrogens is 300 g/mol. The van der Waals surface area contributed by atoms with Crippen molar-refractivity contribution in [2.45, 2.75) is 31.7 Å². The van der Waals surface area contributed by atoms with Crippen LogP contribution in [0, 0.1) is 5.92 Å². The Balaban J connectivity index is 0.00000176. The molecule has 5 nitrogen and oxygen atoms in total. The van der Waals surface area contributed by atoms with Gasteiger partial charge >= 0.3 is 0 Å². The molecule has 118 valence electrons. The predicted molar refractivity (Wildman–Crippen MR) is 89.4 cm³/mol. The van der Waals surface area contributed by atoms with E-state index in [1.165, 1.54) is 0 Å². The summed E-state index contributed by atoms with van der Waals surface area (Å²) < 4.78 is 1.78. The van der Waals surface area contributed by atoms with Crippen LogP contribution in [0.2, 0.25) is 0 Å². The number of amides is 1. The average molecular weight is 321 g/mol. The molecule has 1 fully saturated rings. The number of carbonyl (C=O) groups excluding carboxylic acids is 1. The van der Waals surface area contributed by atoms with E-state index in [1.807, 2.05) is 36.5 Å². The second-order valence-electron chi connectivity index (χ2n) is 5.61. The number of nitrogens with zero attached hydrogens (tertiary/aromatic N) is 2. The number of aromatic nitrogens is 2. The van der Waals surface area contributed by atoms with E-state index in [2.05, 4.69) is 10.4 Å². The smallest absolute Gasteiger partial charge is 0.227 e. The van der Waals surface area contributed by atoms with Gasteiger partial charge in [0.15, 0.2) is 0 Å². The Bertz CT molecular complexity index is 597. The summed E-state index contributed by atoms with van der Waals surface area (Å²) in [5.41, 5.74) is 7.73. The van der Waals surface area contributed by atoms with Gasteiger partial charge in [-0.2, -0.15) is 5.10 Å². The van der Waals surface area contributed by atoms with Crippen LogP contribution in [-0.4, -0.2) is 21.7 Å². The van der Waals surface area contributed by atoms with E-state index < -0.39 is 0 Å². The fraction of sp³-hybridized carbons (Fsp3) is 0.375. The van der Waals surface area contributed by atoms with E-state index >= 15 is 0 Å². The summed E-state index contributed by atoms with van der Waals surface area (Å²) in [5.74, 6) is 0.122. The van der Waals surface area contributed by atoms with Gasteiger partial charge in [-0.05, 0) is 49.6 Å². The first kappa shape index (κ1) is 16.5. The number of nitrogens with one attached hydrogen (secondary N) is 1. The van der Waals surface area contributed by atoms with Gasteiger partial charge in [0.2, 0.25) is 5.91 Å². The van der Waals surface area contributed by atoms with Crippen LogP contribution >= 0.6 is 12.4 Å². The van der Waals surface area contributed by atoms with E-state index in [0.29, 0.717) is 0 Å². The van der Waals surface area contributed by atoms with Crippen molar-refractivity contribution in [1.82, 2.24) is 9.78 Å². The predicted octanol–water partition coefficient (Wildman–Crippen LogP) is 2.75. The first-order valence-corrected chi connectivity index (χ1v) is 7.39. The summed E-state index contributed by atoms with van der Waals surface area (Å²) in [5, 5.41) is 7.15. The molecule has 0 saturated heterocycles. The Morgan fingerprint density at radius 2 is 2.05 bits per heavy atom. The topological polar surface area (TPSA) is 72.9 Å². The van der Waals surface area contributed by atoms with E-state index in [-0.39, 0.29) is 30.3 Å². The minimum absolute atomic E-state index is 0. The summed E-state index contributed by atoms with van der Waals surface area (Å²) in [7, 11) is 0. The molecule has 3 N–H and O–H groups in total. The normalized spacial score (nSPS) is 21.0. The van der Waals surface area contributed by atoms with Gasteiger partial charge in [0.1, 0.15) is 0 Å². The summed E-state index contributed by atoms with van der Waals surface area (Å²) in [6.45, 7) is 0. The summed E-state index contributed by atoms with van der Waals surface area (Å²) >= 11 is 0. The molecule has 0 radical (unpaired) electrons. The highest BCUT2D eigenvalue weighted by Crippen LogP contribution is 2.24. The maximum atomic E-state index is 12.2. The molecule has 0 bridgehead atoms. The van der Waals surface area contributed by atoms with Gasteiger partial charge < -0.3 is 11.1 Å². The lowest BCUT2D eigenvalue weighted by molar-refractivity contribution is -0.120. The molecule has 1 aromatic heterocycles. The molecule has 6 heteroatoms. The molecule has 1 amide bonds. The fourth-order valence-electron chi connectivity index (χ4n) is 2.83. The number of rotatable bonds is 3. The molecule has 1 aliphatic carbocycles. The minimum atomic E-state index is 0. The lowest BCUT2D eigenvalue weighted by Crippen LogP contribution is -2.34. The molecule has 3 rings (SSSR count). The third kappa shape index (κ3) is 3.87. The molecule has 1 heterocycles. The maximum Gasteiger partial charge on any atom is 0.227 e. The molecule has 2 atom stereocenters. The standard InChI is InChI=1S/C16H20N4O.ClH/c17-13-4-1-3-12(11-13)16(21)19-14-5-7-15(8-6-14)20-10-2-9-18-20;/h2,5-10,12-13H,1,3-4,11,17H2,(H,19,21);1H. The monoisotopic (exact) mass is 320 g/mol. The molecule has 0 spiro atoms. The van der Waals surface area contributed by atoms with Crippen LogP contribution < -0.4 is 11.1 Å². The Kier molecular flexibility index (Phi) is 5.57. The molecule has 0 aliphatic heterocycles. The van der Waals surface area contributed by atoms with E-state index in [0.717, 1.165) is 37.1 Å². The second-order valence-corrected chi connectivity index (χ2v) is 5.61. The number of nitrogens with two attached hydrogens (primary N) is 1. The number of halogens is 1. The van der Waals surface area contributed by atoms with Crippen LogP contribution in [0.15, 0.2) is 42.7 Å². The van der Waals surface area contributed by atoms with Crippen molar-refractivity contribution in [1.29, 1.82) is 0 Å². The first-order valence-electron chi connectivity index (χ1n) is 7.39. The van der Waals surface area contributed by atoms with Crippen LogP contribution in [-0.2, 0) is 4.79 Å². The van der Waals surface area contributed by atoms with Gasteiger partial charge in [0.25, 0.3) is 0 Å². The highest BCUT2D eigenvalue weighted by Gasteiger charge is 2.25. The van der Waals surface area contributed by atoms with Gasteiger partial charge in [0.05, 0.1) is 5.69 Å². The number of hydrogen-bond acceptors (Lipinski definition) is 3. The van der Waals surface area contributed by atoms with Crippen LogP contribution in [0.5, 0.6) is 0 Å². The summed E-state index contributed by atoms with van der Waals surface area (Å²) in [6.07, 6.45) is 7.42. The van der Waals surface area contributed by atoms with Crippen LogP contribution in [0.4, 0.5) is 5.69 Å². The molecule has 22 heavy (non-hydrogen) atoms. The van der Waals surface area contributed by atoms with Gasteiger partial charge in [-0.15, -0.1) is 12.4 Å². The zero-order valence-corrected chi connectivity index (χ0v) is 13.1. The molecular formula is C16H21ClN4O. The lowest BCUT2D eigenvalue weighted by atomic mass is 9.85. The van der Waals surface area contributed by atoms with E-state index in [4.69, 9.17) is 5.73 Å². The van der Waals surface area contributed by atoms with Crippen LogP contribution in [0.3, 0.4) is 0 Å². The van der Waals surface area contributed by atoms with E-state index in [9.17, 15) is 4.79 Å². The van der Waals surface area contributed by atoms with Gasteiger partial charge in [-0.1, -0.05) is 6.42 Å². The third-order valence-corrected chi connectivity index (χ3v) is 3.99. The fourth-order valence-corrected chi connectivity index (χ4v) is 2.83. The average Bonchev–Trinajstić information content (AvgIpc) is 3.02. The Morgan fingerprint density at radius 3 is 2.68 bits per heavy atom. The highest BCUT2D eigenvalue weighted by molar-refractivity contribution is 5.92. The lowest BCUT2D eigenvalue weighted by Gasteiger charge is -2.25. The number of anilines is 1.